The van der Waals surface area contributed by atoms with Crippen LogP contribution in [0.15, 0.2) is 0 Å². The average molecular weight is 241 g/mol. The molecule has 0 radical (unpaired) electrons. The first-order chi connectivity index (χ1) is 6.40. The van der Waals surface area contributed by atoms with E-state index in [0.717, 1.165) is 12.7 Å². The van der Waals surface area contributed by atoms with E-state index in [1.165, 1.54) is 0 Å². The molecule has 0 spiro atoms. The van der Waals surface area contributed by atoms with E-state index in [-0.39, 0.29) is 16.8 Å². The lowest BCUT2D eigenvalue weighted by molar-refractivity contribution is 0.602. The molecule has 0 aromatic heterocycles. The van der Waals surface area contributed by atoms with Crippen molar-refractivity contribution in [2.45, 2.75) is 25.0 Å². The van der Waals surface area contributed by atoms with E-state index in [1.807, 2.05) is 6.92 Å². The monoisotopic (exact) mass is 241 g/mol. The van der Waals surface area contributed by atoms with Gasteiger partial charge in [-0.1, -0.05) is 6.92 Å². The van der Waals surface area contributed by atoms with Crippen LogP contribution in [0.1, 0.15) is 19.8 Å². The summed E-state index contributed by atoms with van der Waals surface area (Å²) in [5, 5.41) is 0.0433. The van der Waals surface area contributed by atoms with Gasteiger partial charge in [-0.2, -0.15) is 0 Å². The van der Waals surface area contributed by atoms with Gasteiger partial charge < -0.3 is 5.73 Å². The molecule has 2 unspecified atom stereocenters. The molecule has 2 atom stereocenters. The molecular formula is C8H19NO3S2. The van der Waals surface area contributed by atoms with Crippen LogP contribution >= 0.6 is 0 Å². The van der Waals surface area contributed by atoms with Crippen molar-refractivity contribution >= 4 is 20.6 Å². The number of hydrogen-bond acceptors (Lipinski definition) is 4. The van der Waals surface area contributed by atoms with Crippen LogP contribution in [0.2, 0.25) is 0 Å². The lowest BCUT2D eigenvalue weighted by atomic mass is 10.2. The van der Waals surface area contributed by atoms with Gasteiger partial charge in [0.05, 0.1) is 5.75 Å². The summed E-state index contributed by atoms with van der Waals surface area (Å²) >= 11 is 0. The molecule has 0 aromatic carbocycles. The van der Waals surface area contributed by atoms with Crippen molar-refractivity contribution in [1.82, 2.24) is 0 Å². The predicted octanol–water partition coefficient (Wildman–Crippen LogP) is -0.0929. The first-order valence-corrected chi connectivity index (χ1v) is 8.10. The molecule has 14 heavy (non-hydrogen) atoms. The third-order valence-corrected chi connectivity index (χ3v) is 5.09. The second-order valence-corrected chi connectivity index (χ2v) is 7.42. The molecule has 0 aliphatic heterocycles. The zero-order valence-corrected chi connectivity index (χ0v) is 10.4. The first kappa shape index (κ1) is 14.1. The molecular weight excluding hydrogens is 222 g/mol. The lowest BCUT2D eigenvalue weighted by Gasteiger charge is -2.12. The molecule has 0 amide bonds. The summed E-state index contributed by atoms with van der Waals surface area (Å²) in [6.45, 7) is 2.45. The predicted molar refractivity (Wildman–Crippen MR) is 60.5 cm³/mol. The van der Waals surface area contributed by atoms with E-state index in [1.54, 1.807) is 0 Å². The van der Waals surface area contributed by atoms with Crippen LogP contribution in [0, 0.1) is 0 Å². The maximum Gasteiger partial charge on any atom is 0.148 e. The standard InChI is InChI=1S/C8H19NO3S2/c1-3-8(4-5-9)13(10)6-7-14(2,11)12/h8H,3-7,9H2,1-2H3. The molecule has 86 valence electrons. The summed E-state index contributed by atoms with van der Waals surface area (Å²) in [5.74, 6) is 0.234. The summed E-state index contributed by atoms with van der Waals surface area (Å²) in [6, 6.07) is 0. The van der Waals surface area contributed by atoms with Crippen molar-refractivity contribution in [3.05, 3.63) is 0 Å². The Bertz CT molecular complexity index is 274. The molecule has 2 N–H and O–H groups in total. The number of rotatable bonds is 7. The van der Waals surface area contributed by atoms with Gasteiger partial charge in [0.15, 0.2) is 0 Å². The summed E-state index contributed by atoms with van der Waals surface area (Å²) < 4.78 is 33.3. The van der Waals surface area contributed by atoms with Gasteiger partial charge in [0, 0.05) is 28.1 Å². The molecule has 0 aliphatic carbocycles. The van der Waals surface area contributed by atoms with Crippen LogP contribution in [-0.4, -0.2) is 42.2 Å². The molecule has 0 saturated heterocycles. The van der Waals surface area contributed by atoms with Gasteiger partial charge >= 0.3 is 0 Å². The van der Waals surface area contributed by atoms with Gasteiger partial charge in [0.1, 0.15) is 9.84 Å². The highest BCUT2D eigenvalue weighted by atomic mass is 32.2. The lowest BCUT2D eigenvalue weighted by Crippen LogP contribution is -2.23. The molecule has 0 bridgehead atoms. The van der Waals surface area contributed by atoms with Crippen LogP contribution in [0.3, 0.4) is 0 Å². The van der Waals surface area contributed by atoms with E-state index < -0.39 is 20.6 Å². The van der Waals surface area contributed by atoms with Crippen LogP contribution in [0.4, 0.5) is 0 Å². The van der Waals surface area contributed by atoms with Gasteiger partial charge in [0.2, 0.25) is 0 Å². The first-order valence-electron chi connectivity index (χ1n) is 4.65. The molecule has 0 heterocycles. The maximum absolute atomic E-state index is 11.6. The van der Waals surface area contributed by atoms with Gasteiger partial charge in [-0.3, -0.25) is 4.21 Å². The van der Waals surface area contributed by atoms with E-state index in [9.17, 15) is 12.6 Å². The van der Waals surface area contributed by atoms with E-state index in [4.69, 9.17) is 5.73 Å². The van der Waals surface area contributed by atoms with Crippen molar-refractivity contribution < 1.29 is 12.6 Å². The summed E-state index contributed by atoms with van der Waals surface area (Å²) in [4.78, 5) is 0. The van der Waals surface area contributed by atoms with Gasteiger partial charge in [-0.15, -0.1) is 0 Å². The minimum Gasteiger partial charge on any atom is -0.330 e. The maximum atomic E-state index is 11.6. The minimum absolute atomic E-state index is 0.000677. The number of nitrogens with two attached hydrogens (primary N) is 1. The Morgan fingerprint density at radius 2 is 2.00 bits per heavy atom. The largest absolute Gasteiger partial charge is 0.330 e. The third-order valence-electron chi connectivity index (χ3n) is 1.97. The van der Waals surface area contributed by atoms with Crippen LogP contribution < -0.4 is 5.73 Å². The normalized spacial score (nSPS) is 16.5. The highest BCUT2D eigenvalue weighted by molar-refractivity contribution is 7.92. The van der Waals surface area contributed by atoms with E-state index >= 15 is 0 Å². The van der Waals surface area contributed by atoms with Crippen molar-refractivity contribution in [2.75, 3.05) is 24.3 Å². The van der Waals surface area contributed by atoms with Gasteiger partial charge in [-0.05, 0) is 19.4 Å². The topological polar surface area (TPSA) is 77.2 Å². The molecule has 0 rings (SSSR count). The number of hydrogen-bond donors (Lipinski definition) is 1. The summed E-state index contributed by atoms with van der Waals surface area (Å²) in [5.41, 5.74) is 5.37. The Labute approximate surface area is 88.6 Å². The van der Waals surface area contributed by atoms with Crippen molar-refractivity contribution in [3.63, 3.8) is 0 Å². The second-order valence-electron chi connectivity index (χ2n) is 3.32. The third kappa shape index (κ3) is 6.50. The molecule has 0 fully saturated rings. The molecule has 0 saturated carbocycles. The number of sulfone groups is 1. The highest BCUT2D eigenvalue weighted by Crippen LogP contribution is 2.06. The van der Waals surface area contributed by atoms with Gasteiger partial charge in [0.25, 0.3) is 0 Å². The molecule has 0 aliphatic rings. The quantitative estimate of drug-likeness (QED) is 0.675. The Hall–Kier alpha value is 0.0600. The van der Waals surface area contributed by atoms with E-state index in [2.05, 4.69) is 0 Å². The Morgan fingerprint density at radius 3 is 2.36 bits per heavy atom. The second kappa shape index (κ2) is 6.53. The summed E-state index contributed by atoms with van der Waals surface area (Å²) in [6.07, 6.45) is 2.65. The van der Waals surface area contributed by atoms with Crippen molar-refractivity contribution in [1.29, 1.82) is 0 Å². The fraction of sp³-hybridized carbons (Fsp3) is 1.00. The Balaban J connectivity index is 4.05. The van der Waals surface area contributed by atoms with Gasteiger partial charge in [-0.25, -0.2) is 8.42 Å². The Morgan fingerprint density at radius 1 is 1.43 bits per heavy atom. The fourth-order valence-electron chi connectivity index (χ4n) is 1.11. The van der Waals surface area contributed by atoms with Crippen LogP contribution in [-0.2, 0) is 20.6 Å². The van der Waals surface area contributed by atoms with Crippen LogP contribution in [0.5, 0.6) is 0 Å². The fourth-order valence-corrected chi connectivity index (χ4v) is 4.08. The zero-order valence-electron chi connectivity index (χ0n) is 8.73. The average Bonchev–Trinajstić information content (AvgIpc) is 2.09. The molecule has 4 nitrogen and oxygen atoms in total. The smallest absolute Gasteiger partial charge is 0.148 e. The SMILES string of the molecule is CCC(CCN)S(=O)CCS(C)(=O)=O. The van der Waals surface area contributed by atoms with Crippen LogP contribution in [0.25, 0.3) is 0 Å². The molecule has 6 heteroatoms. The summed E-state index contributed by atoms with van der Waals surface area (Å²) in [7, 11) is -4.06. The zero-order chi connectivity index (χ0) is 11.2. The van der Waals surface area contributed by atoms with E-state index in [0.29, 0.717) is 13.0 Å². The van der Waals surface area contributed by atoms with Crippen molar-refractivity contribution in [3.8, 4) is 0 Å². The highest BCUT2D eigenvalue weighted by Gasteiger charge is 2.15. The minimum atomic E-state index is -3.00. The van der Waals surface area contributed by atoms with Crippen molar-refractivity contribution in [2.24, 2.45) is 5.73 Å². The Kier molecular flexibility index (Phi) is 6.55. The molecule has 0 aromatic rings.